The van der Waals surface area contributed by atoms with Crippen LogP contribution in [0.5, 0.6) is 0 Å². The van der Waals surface area contributed by atoms with E-state index in [0.29, 0.717) is 15.9 Å². The molecule has 0 saturated heterocycles. The molecule has 5 heteroatoms. The van der Waals surface area contributed by atoms with Gasteiger partial charge in [0, 0.05) is 18.0 Å². The Kier molecular flexibility index (Phi) is 3.54. The number of nitrogens with two attached hydrogens (primary N) is 1. The molecule has 0 fully saturated rings. The lowest BCUT2D eigenvalue weighted by molar-refractivity contribution is 0.555. The van der Waals surface area contributed by atoms with Gasteiger partial charge in [-0.2, -0.15) is 5.10 Å². The van der Waals surface area contributed by atoms with Gasteiger partial charge in [0.2, 0.25) is 0 Å². The Balaban J connectivity index is 2.83. The molecule has 0 unspecified atom stereocenters. The van der Waals surface area contributed by atoms with Crippen molar-refractivity contribution in [3.63, 3.8) is 0 Å². The summed E-state index contributed by atoms with van der Waals surface area (Å²) < 4.78 is 1.66. The predicted molar refractivity (Wildman–Crippen MR) is 81.8 cm³/mol. The van der Waals surface area contributed by atoms with Gasteiger partial charge >= 0.3 is 0 Å². The highest BCUT2D eigenvalue weighted by atomic mass is 35.5. The van der Waals surface area contributed by atoms with Gasteiger partial charge in [-0.3, -0.25) is 4.68 Å². The van der Waals surface area contributed by atoms with Crippen LogP contribution < -0.4 is 5.73 Å². The normalized spacial score (nSPS) is 11.9. The topological polar surface area (TPSA) is 43.8 Å². The van der Waals surface area contributed by atoms with E-state index in [0.717, 1.165) is 16.8 Å². The molecule has 0 spiro atoms. The van der Waals surface area contributed by atoms with Crippen LogP contribution >= 0.6 is 23.2 Å². The van der Waals surface area contributed by atoms with E-state index in [1.54, 1.807) is 4.68 Å². The maximum Gasteiger partial charge on any atom is 0.129 e. The molecule has 2 N–H and O–H groups in total. The van der Waals surface area contributed by atoms with E-state index in [2.05, 4.69) is 25.9 Å². The summed E-state index contributed by atoms with van der Waals surface area (Å²) in [5, 5.41) is 5.68. The lowest BCUT2D eigenvalue weighted by Crippen LogP contribution is -2.13. The predicted octanol–water partition coefficient (Wildman–Crippen LogP) is 4.27. The third kappa shape index (κ3) is 2.45. The van der Waals surface area contributed by atoms with Crippen LogP contribution in [0.15, 0.2) is 18.2 Å². The lowest BCUT2D eigenvalue weighted by Gasteiger charge is -2.18. The molecule has 2 aromatic rings. The molecule has 0 aliphatic carbocycles. The van der Waals surface area contributed by atoms with Crippen LogP contribution in [0.3, 0.4) is 0 Å². The third-order valence-corrected chi connectivity index (χ3v) is 3.64. The Bertz CT molecular complexity index is 604. The van der Waals surface area contributed by atoms with E-state index in [9.17, 15) is 0 Å². The number of hydrogen-bond donors (Lipinski definition) is 1. The smallest absolute Gasteiger partial charge is 0.129 e. The van der Waals surface area contributed by atoms with E-state index < -0.39 is 0 Å². The fourth-order valence-corrected chi connectivity index (χ4v) is 2.63. The number of rotatable bonds is 1. The summed E-state index contributed by atoms with van der Waals surface area (Å²) in [6.45, 7) is 6.26. The second-order valence-corrected chi connectivity index (χ2v) is 6.39. The maximum absolute atomic E-state index is 6.29. The van der Waals surface area contributed by atoms with Crippen LogP contribution in [0.4, 0.5) is 5.82 Å². The molecule has 0 aliphatic rings. The van der Waals surface area contributed by atoms with Gasteiger partial charge in [-0.1, -0.05) is 50.0 Å². The van der Waals surface area contributed by atoms with E-state index in [1.165, 1.54) is 0 Å². The fourth-order valence-electron chi connectivity index (χ4n) is 2.05. The second-order valence-electron chi connectivity index (χ2n) is 5.58. The van der Waals surface area contributed by atoms with Crippen LogP contribution in [0.25, 0.3) is 11.1 Å². The largest absolute Gasteiger partial charge is 0.383 e. The number of anilines is 1. The molecule has 3 nitrogen and oxygen atoms in total. The molecule has 1 aromatic heterocycles. The van der Waals surface area contributed by atoms with Gasteiger partial charge in [-0.25, -0.2) is 0 Å². The van der Waals surface area contributed by atoms with Crippen molar-refractivity contribution in [1.82, 2.24) is 9.78 Å². The third-order valence-electron chi connectivity index (χ3n) is 3.01. The van der Waals surface area contributed by atoms with Crippen LogP contribution in [-0.4, -0.2) is 9.78 Å². The molecule has 0 saturated carbocycles. The van der Waals surface area contributed by atoms with E-state index in [4.69, 9.17) is 28.9 Å². The van der Waals surface area contributed by atoms with Gasteiger partial charge in [-0.05, 0) is 12.1 Å². The first-order chi connectivity index (χ1) is 8.73. The number of hydrogen-bond acceptors (Lipinski definition) is 2. The molecule has 0 atom stereocenters. The van der Waals surface area contributed by atoms with Crippen molar-refractivity contribution in [3.05, 3.63) is 33.9 Å². The summed E-state index contributed by atoms with van der Waals surface area (Å²) >= 11 is 12.6. The lowest BCUT2D eigenvalue weighted by atomic mass is 9.87. The van der Waals surface area contributed by atoms with Crippen molar-refractivity contribution in [3.8, 4) is 11.1 Å². The Labute approximate surface area is 123 Å². The van der Waals surface area contributed by atoms with Crippen molar-refractivity contribution in [1.29, 1.82) is 0 Å². The molecule has 0 radical (unpaired) electrons. The molecule has 0 bridgehead atoms. The van der Waals surface area contributed by atoms with Crippen LogP contribution in [0, 0.1) is 0 Å². The minimum absolute atomic E-state index is 0.146. The quantitative estimate of drug-likeness (QED) is 0.854. The zero-order valence-electron chi connectivity index (χ0n) is 11.5. The molecule has 1 aromatic carbocycles. The van der Waals surface area contributed by atoms with Crippen LogP contribution in [-0.2, 0) is 12.5 Å². The number of aromatic nitrogens is 2. The van der Waals surface area contributed by atoms with Gasteiger partial charge in [0.25, 0.3) is 0 Å². The Hall–Kier alpha value is -1.19. The molecule has 102 valence electrons. The van der Waals surface area contributed by atoms with Crippen LogP contribution in [0.2, 0.25) is 10.0 Å². The van der Waals surface area contributed by atoms with Gasteiger partial charge in [0.05, 0.1) is 21.3 Å². The summed E-state index contributed by atoms with van der Waals surface area (Å²) in [5.41, 5.74) is 8.47. The first-order valence-electron chi connectivity index (χ1n) is 6.01. The summed E-state index contributed by atoms with van der Waals surface area (Å²) in [4.78, 5) is 0. The zero-order valence-corrected chi connectivity index (χ0v) is 13.0. The van der Waals surface area contributed by atoms with Gasteiger partial charge < -0.3 is 5.73 Å². The maximum atomic E-state index is 6.29. The molecule has 2 rings (SSSR count). The minimum Gasteiger partial charge on any atom is -0.383 e. The standard InChI is InChI=1S/C14H17Cl2N3/c1-14(2,3)12-11(13(17)19(4)18-12)10-8(15)6-5-7-9(10)16/h5-7H,17H2,1-4H3. The summed E-state index contributed by atoms with van der Waals surface area (Å²) in [7, 11) is 1.82. The summed E-state index contributed by atoms with van der Waals surface area (Å²) in [6, 6.07) is 5.43. The Morgan fingerprint density at radius 1 is 1.11 bits per heavy atom. The summed E-state index contributed by atoms with van der Waals surface area (Å²) in [6.07, 6.45) is 0. The van der Waals surface area contributed by atoms with E-state index in [-0.39, 0.29) is 5.41 Å². The van der Waals surface area contributed by atoms with Crippen molar-refractivity contribution in [2.75, 3.05) is 5.73 Å². The SMILES string of the molecule is Cn1nc(C(C)(C)C)c(-c2c(Cl)cccc2Cl)c1N. The molecule has 0 amide bonds. The van der Waals surface area contributed by atoms with E-state index >= 15 is 0 Å². The molecular weight excluding hydrogens is 281 g/mol. The molecule has 19 heavy (non-hydrogen) atoms. The highest BCUT2D eigenvalue weighted by Gasteiger charge is 2.28. The Morgan fingerprint density at radius 3 is 2.11 bits per heavy atom. The van der Waals surface area contributed by atoms with E-state index in [1.807, 2.05) is 25.2 Å². The molecule has 0 aliphatic heterocycles. The van der Waals surface area contributed by atoms with Crippen LogP contribution in [0.1, 0.15) is 26.5 Å². The number of aryl methyl sites for hydroxylation is 1. The summed E-state index contributed by atoms with van der Waals surface area (Å²) in [5.74, 6) is 0.569. The highest BCUT2D eigenvalue weighted by molar-refractivity contribution is 6.39. The van der Waals surface area contributed by atoms with Crippen molar-refractivity contribution in [2.24, 2.45) is 7.05 Å². The average Bonchev–Trinajstić information content (AvgIpc) is 2.57. The number of halogens is 2. The molecular formula is C14H17Cl2N3. The first kappa shape index (κ1) is 14.2. The average molecular weight is 298 g/mol. The van der Waals surface area contributed by atoms with Crippen molar-refractivity contribution < 1.29 is 0 Å². The van der Waals surface area contributed by atoms with Gasteiger partial charge in [0.15, 0.2) is 0 Å². The number of nitrogen functional groups attached to an aromatic ring is 1. The van der Waals surface area contributed by atoms with Gasteiger partial charge in [0.1, 0.15) is 5.82 Å². The second kappa shape index (κ2) is 4.73. The van der Waals surface area contributed by atoms with Crippen molar-refractivity contribution in [2.45, 2.75) is 26.2 Å². The van der Waals surface area contributed by atoms with Gasteiger partial charge in [-0.15, -0.1) is 0 Å². The number of benzene rings is 1. The van der Waals surface area contributed by atoms with Crippen molar-refractivity contribution >= 4 is 29.0 Å². The Morgan fingerprint density at radius 2 is 1.63 bits per heavy atom. The fraction of sp³-hybridized carbons (Fsp3) is 0.357. The zero-order chi connectivity index (χ0) is 14.4. The first-order valence-corrected chi connectivity index (χ1v) is 6.76. The minimum atomic E-state index is -0.146. The molecule has 1 heterocycles. The number of nitrogens with zero attached hydrogens (tertiary/aromatic N) is 2. The monoisotopic (exact) mass is 297 g/mol. The highest BCUT2D eigenvalue weighted by Crippen LogP contribution is 2.42.